The fourth-order valence-corrected chi connectivity index (χ4v) is 7.22. The van der Waals surface area contributed by atoms with E-state index in [-0.39, 0.29) is 38.4 Å². The van der Waals surface area contributed by atoms with Crippen molar-refractivity contribution in [3.05, 3.63) is 203 Å². The summed E-state index contributed by atoms with van der Waals surface area (Å²) >= 11 is 3.36. The first-order valence-electron chi connectivity index (χ1n) is 18.0. The topological polar surface area (TPSA) is 72.3 Å². The van der Waals surface area contributed by atoms with Gasteiger partial charge in [0.25, 0.3) is 0 Å². The van der Waals surface area contributed by atoms with Crippen LogP contribution in [0.1, 0.15) is 54.7 Å². The molecule has 272 valence electrons. The molecular weight excluding hydrogens is 758 g/mol. The van der Waals surface area contributed by atoms with Crippen molar-refractivity contribution in [1.29, 1.82) is 0 Å². The number of halogens is 2. The second-order valence-electron chi connectivity index (χ2n) is 12.5. The van der Waals surface area contributed by atoms with Gasteiger partial charge >= 0.3 is 29.6 Å². The molecule has 55 heavy (non-hydrogen) atoms. The Bertz CT molecular complexity index is 2540. The minimum atomic E-state index is -1.00. The molecule has 0 fully saturated rings. The molecule has 10 rings (SSSR count). The second-order valence-corrected chi connectivity index (χ2v) is 13.0. The smallest absolute Gasteiger partial charge is 1.00 e. The first-order valence-corrected chi connectivity index (χ1v) is 18.4. The van der Waals surface area contributed by atoms with E-state index in [4.69, 9.17) is 1.37 Å². The summed E-state index contributed by atoms with van der Waals surface area (Å²) in [4.78, 5) is 20.6. The summed E-state index contributed by atoms with van der Waals surface area (Å²) in [6, 6.07) is 33.3. The van der Waals surface area contributed by atoms with Crippen molar-refractivity contribution in [2.75, 3.05) is 7.15 Å². The van der Waals surface area contributed by atoms with Crippen molar-refractivity contribution in [2.24, 2.45) is 0 Å². The Hall–Kier alpha value is -4.99. The molecule has 6 aromatic heterocycles. The van der Waals surface area contributed by atoms with Crippen LogP contribution in [0.15, 0.2) is 159 Å². The SMILES string of the molecule is BrCc1ccccc1.C.C1=C(c2c[nH]c3ncccc23)c2ccncc2C1.C1=C(c2cn(Cc3ccccc3)c3ncccc23)c2ccncc2C1.[2H]CF.[H-].[Na+]. The number of fused-ring (bicyclic) bond motifs is 4. The van der Waals surface area contributed by atoms with E-state index in [0.717, 1.165) is 36.0 Å². The largest absolute Gasteiger partial charge is 1.00 e. The van der Waals surface area contributed by atoms with Crippen LogP contribution in [0.5, 0.6) is 0 Å². The summed E-state index contributed by atoms with van der Waals surface area (Å²) in [7, 11) is -1.00. The standard InChI is InChI=1S/C22H17N3.C15H11N3.C7H7Br.CH3F.CH4.Na.H/c1-2-5-16(6-3-1)14-25-15-21(20-7-4-11-24-22(20)25)19-9-8-17-13-23-12-10-18(17)19;1-2-13-14(9-18-15(13)17-6-1)12-4-3-10-8-16-7-5-11(10)12;8-6-7-4-2-1-3-5-7;1-2;;;/h1-7,9-13,15H,8,14H2;1-2,4-9H,3H2,(H,17,18);1-5H,6H2;1H3;1H4;;/q;;;;;+1;-1/i;;;1D;;;. The monoisotopic (exact) mass is 801 g/mol. The third-order valence-electron chi connectivity index (χ3n) is 9.30. The fourth-order valence-electron chi connectivity index (χ4n) is 6.84. The van der Waals surface area contributed by atoms with Crippen LogP contribution in [0.3, 0.4) is 0 Å². The van der Waals surface area contributed by atoms with Crippen molar-refractivity contribution < 1.29 is 36.7 Å². The zero-order valence-corrected chi connectivity index (χ0v) is 33.6. The molecule has 0 unspecified atom stereocenters. The first kappa shape index (κ1) is 39.7. The number of hydrogen-bond donors (Lipinski definition) is 1. The van der Waals surface area contributed by atoms with E-state index in [1.807, 2.05) is 73.7 Å². The van der Waals surface area contributed by atoms with Gasteiger partial charge in [0, 0.05) is 83.3 Å². The van der Waals surface area contributed by atoms with E-state index in [1.165, 1.54) is 66.4 Å². The maximum atomic E-state index is 9.96. The first-order chi connectivity index (χ1) is 26.7. The molecule has 8 aromatic rings. The Morgan fingerprint density at radius 3 is 1.87 bits per heavy atom. The predicted octanol–water partition coefficient (Wildman–Crippen LogP) is 8.33. The Balaban J connectivity index is 0.000000197. The fraction of sp³-hybridized carbons (Fsp3) is 0.130. The molecule has 6 heterocycles. The average Bonchev–Trinajstić information content (AvgIpc) is 4.04. The van der Waals surface area contributed by atoms with E-state index in [9.17, 15) is 4.39 Å². The molecule has 2 aromatic carbocycles. The molecule has 2 aliphatic carbocycles. The van der Waals surface area contributed by atoms with Crippen molar-refractivity contribution in [1.82, 2.24) is 29.5 Å². The number of H-pyrrole nitrogens is 1. The third kappa shape index (κ3) is 9.28. The number of hydrogen-bond acceptors (Lipinski definition) is 4. The normalized spacial score (nSPS) is 12.1. The van der Waals surface area contributed by atoms with Gasteiger partial charge in [-0.2, -0.15) is 0 Å². The number of alkyl halides is 2. The van der Waals surface area contributed by atoms with Gasteiger partial charge in [-0.3, -0.25) is 14.4 Å². The Kier molecular flexibility index (Phi) is 14.5. The van der Waals surface area contributed by atoms with E-state index in [2.05, 4.69) is 130 Å². The predicted molar refractivity (Wildman–Crippen MR) is 225 cm³/mol. The van der Waals surface area contributed by atoms with Gasteiger partial charge in [0.1, 0.15) is 11.3 Å². The molecule has 0 atom stereocenters. The van der Waals surface area contributed by atoms with Crippen molar-refractivity contribution >= 4 is 49.1 Å². The Morgan fingerprint density at radius 2 is 1.27 bits per heavy atom. The van der Waals surface area contributed by atoms with Crippen LogP contribution in [0.25, 0.3) is 33.2 Å². The van der Waals surface area contributed by atoms with Crippen molar-refractivity contribution in [2.45, 2.75) is 32.1 Å². The molecule has 2 aliphatic rings. The number of pyridine rings is 4. The molecule has 0 radical (unpaired) electrons. The van der Waals surface area contributed by atoms with Crippen LogP contribution in [0.2, 0.25) is 0 Å². The van der Waals surface area contributed by atoms with Crippen LogP contribution in [0, 0.1) is 0 Å². The Morgan fingerprint density at radius 1 is 0.709 bits per heavy atom. The van der Waals surface area contributed by atoms with Gasteiger partial charge < -0.3 is 11.0 Å². The number of rotatable bonds is 5. The molecular formula is C46H43BrFN6Na. The van der Waals surface area contributed by atoms with Crippen LogP contribution < -0.4 is 29.6 Å². The molecule has 0 spiro atoms. The van der Waals surface area contributed by atoms with Crippen molar-refractivity contribution in [3.8, 4) is 0 Å². The number of benzene rings is 2. The summed E-state index contributed by atoms with van der Waals surface area (Å²) in [6.07, 6.45) is 22.1. The molecule has 9 heteroatoms. The zero-order valence-electron chi connectivity index (χ0n) is 32.0. The van der Waals surface area contributed by atoms with Crippen molar-refractivity contribution in [3.63, 3.8) is 0 Å². The van der Waals surface area contributed by atoms with Gasteiger partial charge in [0.2, 0.25) is 0 Å². The summed E-state index contributed by atoms with van der Waals surface area (Å²) in [5.74, 6) is 0. The summed E-state index contributed by atoms with van der Waals surface area (Å²) in [6.45, 7) is 0.824. The van der Waals surface area contributed by atoms with Crippen LogP contribution in [-0.2, 0) is 24.7 Å². The Labute approximate surface area is 355 Å². The van der Waals surface area contributed by atoms with E-state index >= 15 is 0 Å². The average molecular weight is 803 g/mol. The van der Waals surface area contributed by atoms with Crippen LogP contribution in [0.4, 0.5) is 4.39 Å². The van der Waals surface area contributed by atoms with Gasteiger partial charge in [-0.05, 0) is 93.8 Å². The van der Waals surface area contributed by atoms with Gasteiger partial charge in [0.15, 0.2) is 0 Å². The molecule has 0 aliphatic heterocycles. The number of nitrogens with one attached hydrogen (secondary N) is 1. The number of nitrogens with zero attached hydrogens (tertiary/aromatic N) is 5. The number of aromatic nitrogens is 6. The summed E-state index contributed by atoms with van der Waals surface area (Å²) in [5.41, 5.74) is 14.8. The van der Waals surface area contributed by atoms with E-state index < -0.39 is 7.15 Å². The zero-order chi connectivity index (χ0) is 37.1. The maximum absolute atomic E-state index is 9.96. The van der Waals surface area contributed by atoms with Gasteiger partial charge in [0.05, 0.1) is 8.52 Å². The molecule has 6 nitrogen and oxygen atoms in total. The maximum Gasteiger partial charge on any atom is 1.00 e. The quantitative estimate of drug-likeness (QED) is 0.140. The van der Waals surface area contributed by atoms with Gasteiger partial charge in [-0.15, -0.1) is 0 Å². The molecule has 0 saturated carbocycles. The van der Waals surface area contributed by atoms with Gasteiger partial charge in [-0.1, -0.05) is 96.2 Å². The number of allylic oxidation sites excluding steroid dienone is 2. The molecule has 0 amide bonds. The molecule has 1 N–H and O–H groups in total. The van der Waals surface area contributed by atoms with Crippen LogP contribution in [-0.4, -0.2) is 36.6 Å². The third-order valence-corrected chi connectivity index (χ3v) is 9.95. The second kappa shape index (κ2) is 20.1. The molecule has 0 saturated heterocycles. The van der Waals surface area contributed by atoms with E-state index in [0.29, 0.717) is 0 Å². The minimum Gasteiger partial charge on any atom is -1.00 e. The molecule has 0 bridgehead atoms. The van der Waals surface area contributed by atoms with Gasteiger partial charge in [-0.25, -0.2) is 9.97 Å². The number of aromatic amines is 1. The minimum absolute atomic E-state index is 0. The summed E-state index contributed by atoms with van der Waals surface area (Å²) < 4.78 is 17.8. The van der Waals surface area contributed by atoms with Crippen LogP contribution >= 0.6 is 15.9 Å². The summed E-state index contributed by atoms with van der Waals surface area (Å²) in [5, 5.41) is 3.33. The van der Waals surface area contributed by atoms with E-state index in [1.54, 1.807) is 0 Å².